The van der Waals surface area contributed by atoms with Gasteiger partial charge in [0.1, 0.15) is 12.3 Å². The predicted molar refractivity (Wildman–Crippen MR) is 193 cm³/mol. The highest BCUT2D eigenvalue weighted by Crippen LogP contribution is 2.13. The molecule has 0 saturated carbocycles. The van der Waals surface area contributed by atoms with Crippen molar-refractivity contribution in [3.63, 3.8) is 0 Å². The van der Waals surface area contributed by atoms with E-state index in [9.17, 15) is 0 Å². The van der Waals surface area contributed by atoms with E-state index in [-0.39, 0.29) is 12.3 Å². The lowest BCUT2D eigenvalue weighted by molar-refractivity contribution is -0.0852. The first-order valence-electron chi connectivity index (χ1n) is 19.6. The van der Waals surface area contributed by atoms with Gasteiger partial charge in [-0.25, -0.2) is 0 Å². The molecule has 0 heterocycles. The van der Waals surface area contributed by atoms with Crippen molar-refractivity contribution in [3.8, 4) is 0 Å². The van der Waals surface area contributed by atoms with Gasteiger partial charge in [0, 0.05) is 19.8 Å². The molecule has 0 aromatic rings. The molecule has 7 nitrogen and oxygen atoms in total. The van der Waals surface area contributed by atoms with Gasteiger partial charge in [-0.15, -0.1) is 0 Å². The fourth-order valence-electron chi connectivity index (χ4n) is 5.64. The smallest absolute Gasteiger partial charge is 0.135 e. The number of nitrogens with one attached hydrogen (secondary N) is 3. The largest absolute Gasteiger partial charge is 0.373 e. The number of hydrogen-bond donors (Lipinski definition) is 5. The first-order chi connectivity index (χ1) is 21.8. The summed E-state index contributed by atoms with van der Waals surface area (Å²) in [4.78, 5) is 0. The van der Waals surface area contributed by atoms with Crippen molar-refractivity contribution in [3.05, 3.63) is 0 Å². The van der Waals surface area contributed by atoms with Crippen LogP contribution in [-0.4, -0.2) is 71.4 Å². The molecule has 0 aromatic carbocycles. The maximum absolute atomic E-state index is 6.37. The average Bonchev–Trinajstić information content (AvgIpc) is 3.04. The summed E-state index contributed by atoms with van der Waals surface area (Å²) in [5, 5.41) is 10.7. The lowest BCUT2D eigenvalue weighted by atomic mass is 10.1. The highest BCUT2D eigenvalue weighted by atomic mass is 16.5. The van der Waals surface area contributed by atoms with Crippen molar-refractivity contribution in [1.82, 2.24) is 16.0 Å². The van der Waals surface area contributed by atoms with Gasteiger partial charge in [0.05, 0.1) is 0 Å². The molecule has 0 aliphatic carbocycles. The first-order valence-corrected chi connectivity index (χ1v) is 19.6. The molecule has 0 rings (SSSR count). The van der Waals surface area contributed by atoms with Crippen LogP contribution in [0.4, 0.5) is 0 Å². The van der Waals surface area contributed by atoms with Gasteiger partial charge in [-0.1, -0.05) is 129 Å². The quantitative estimate of drug-likeness (QED) is 0.0350. The second-order valence-corrected chi connectivity index (χ2v) is 13.0. The van der Waals surface area contributed by atoms with Gasteiger partial charge in [-0.2, -0.15) is 0 Å². The first kappa shape index (κ1) is 43.7. The minimum atomic E-state index is -0.124. The fraction of sp³-hybridized carbons (Fsp3) is 1.00. The number of unbranched alkanes of at least 4 members (excludes halogenated alkanes) is 19. The van der Waals surface area contributed by atoms with Crippen molar-refractivity contribution < 1.29 is 9.47 Å². The van der Waals surface area contributed by atoms with Crippen LogP contribution in [0.5, 0.6) is 0 Å². The Morgan fingerprint density at radius 3 is 1.30 bits per heavy atom. The fourth-order valence-corrected chi connectivity index (χ4v) is 5.64. The Bertz CT molecular complexity index is 514. The van der Waals surface area contributed by atoms with Gasteiger partial charge in [0.15, 0.2) is 0 Å². The Morgan fingerprint density at radius 1 is 0.432 bits per heavy atom. The number of ether oxygens (including phenoxy) is 2. The SMILES string of the molecule is CCCCCCCCCCCCOC(CN)C(NCCCNCCCCNCCCN)OCCCCCCCCCCCC. The van der Waals surface area contributed by atoms with Crippen molar-refractivity contribution in [2.45, 2.75) is 180 Å². The predicted octanol–water partition coefficient (Wildman–Crippen LogP) is 7.80. The molecule has 266 valence electrons. The molecule has 0 amide bonds. The van der Waals surface area contributed by atoms with Crippen LogP contribution in [0.15, 0.2) is 0 Å². The molecule has 0 aliphatic heterocycles. The Morgan fingerprint density at radius 2 is 0.841 bits per heavy atom. The lowest BCUT2D eigenvalue weighted by Crippen LogP contribution is -2.48. The van der Waals surface area contributed by atoms with E-state index in [4.69, 9.17) is 20.9 Å². The highest BCUT2D eigenvalue weighted by Gasteiger charge is 2.21. The molecule has 0 aromatic heterocycles. The molecular weight excluding hydrogens is 546 g/mol. The molecule has 0 bridgehead atoms. The molecule has 0 aliphatic rings. The summed E-state index contributed by atoms with van der Waals surface area (Å²) in [7, 11) is 0. The standard InChI is InChI=1S/C37H81N5O2/c1-3-5-7-9-11-13-15-17-19-23-33-43-36(35-39)37(44-34-24-20-18-16-14-12-10-8-6-4-2)42-32-26-31-41-29-22-21-28-40-30-25-27-38/h36-37,40-42H,3-35,38-39H2,1-2H3. The van der Waals surface area contributed by atoms with Crippen LogP contribution in [0.2, 0.25) is 0 Å². The molecule has 0 fully saturated rings. The third-order valence-electron chi connectivity index (χ3n) is 8.59. The third-order valence-corrected chi connectivity index (χ3v) is 8.59. The van der Waals surface area contributed by atoms with Gasteiger partial charge in [0.2, 0.25) is 0 Å². The molecule has 2 unspecified atom stereocenters. The summed E-state index contributed by atoms with van der Waals surface area (Å²) < 4.78 is 12.7. The number of nitrogens with two attached hydrogens (primary N) is 2. The van der Waals surface area contributed by atoms with E-state index >= 15 is 0 Å². The topological polar surface area (TPSA) is 107 Å². The minimum absolute atomic E-state index is 0.0867. The Hall–Kier alpha value is -0.280. The summed E-state index contributed by atoms with van der Waals surface area (Å²) in [5.41, 5.74) is 11.7. The minimum Gasteiger partial charge on any atom is -0.373 e. The second kappa shape index (κ2) is 38.9. The maximum Gasteiger partial charge on any atom is 0.135 e. The molecule has 0 radical (unpaired) electrons. The Labute approximate surface area is 275 Å². The summed E-state index contributed by atoms with van der Waals surface area (Å²) in [6.07, 6.45) is 31.1. The van der Waals surface area contributed by atoms with Gasteiger partial charge < -0.3 is 31.6 Å². The Balaban J connectivity index is 4.19. The highest BCUT2D eigenvalue weighted by molar-refractivity contribution is 4.71. The van der Waals surface area contributed by atoms with Crippen LogP contribution in [-0.2, 0) is 9.47 Å². The zero-order valence-corrected chi connectivity index (χ0v) is 30.0. The molecule has 0 spiro atoms. The van der Waals surface area contributed by atoms with Crippen molar-refractivity contribution in [2.75, 3.05) is 59.0 Å². The van der Waals surface area contributed by atoms with E-state index in [1.165, 1.54) is 128 Å². The second-order valence-electron chi connectivity index (χ2n) is 13.0. The summed E-state index contributed by atoms with van der Waals surface area (Å²) in [5.74, 6) is 0. The molecule has 7 N–H and O–H groups in total. The average molecular weight is 628 g/mol. The van der Waals surface area contributed by atoms with E-state index in [0.717, 1.165) is 78.2 Å². The van der Waals surface area contributed by atoms with Gasteiger partial charge >= 0.3 is 0 Å². The lowest BCUT2D eigenvalue weighted by Gasteiger charge is -2.28. The number of rotatable bonds is 39. The van der Waals surface area contributed by atoms with Crippen LogP contribution in [0.1, 0.15) is 168 Å². The molecule has 0 saturated heterocycles. The maximum atomic E-state index is 6.37. The Kier molecular flexibility index (Phi) is 38.7. The normalized spacial score (nSPS) is 13.1. The summed E-state index contributed by atoms with van der Waals surface area (Å²) in [6, 6.07) is 0. The monoisotopic (exact) mass is 628 g/mol. The van der Waals surface area contributed by atoms with Crippen molar-refractivity contribution in [1.29, 1.82) is 0 Å². The van der Waals surface area contributed by atoms with E-state index in [1.54, 1.807) is 0 Å². The van der Waals surface area contributed by atoms with E-state index in [0.29, 0.717) is 6.54 Å². The van der Waals surface area contributed by atoms with Gasteiger partial charge in [0.25, 0.3) is 0 Å². The third kappa shape index (κ3) is 33.1. The summed E-state index contributed by atoms with van der Waals surface area (Å²) in [6.45, 7) is 12.5. The van der Waals surface area contributed by atoms with Crippen molar-refractivity contribution in [2.24, 2.45) is 11.5 Å². The van der Waals surface area contributed by atoms with Crippen LogP contribution < -0.4 is 27.4 Å². The van der Waals surface area contributed by atoms with E-state index in [2.05, 4.69) is 29.8 Å². The molecule has 2 atom stereocenters. The van der Waals surface area contributed by atoms with Crippen LogP contribution in [0.3, 0.4) is 0 Å². The van der Waals surface area contributed by atoms with Crippen LogP contribution in [0.25, 0.3) is 0 Å². The number of hydrogen-bond acceptors (Lipinski definition) is 7. The van der Waals surface area contributed by atoms with Crippen LogP contribution >= 0.6 is 0 Å². The zero-order chi connectivity index (χ0) is 32.0. The van der Waals surface area contributed by atoms with Crippen LogP contribution in [0, 0.1) is 0 Å². The molecule has 44 heavy (non-hydrogen) atoms. The van der Waals surface area contributed by atoms with E-state index < -0.39 is 0 Å². The summed E-state index contributed by atoms with van der Waals surface area (Å²) >= 11 is 0. The molecular formula is C37H81N5O2. The van der Waals surface area contributed by atoms with Gasteiger partial charge in [-0.3, -0.25) is 5.32 Å². The van der Waals surface area contributed by atoms with Crippen molar-refractivity contribution >= 4 is 0 Å². The van der Waals surface area contributed by atoms with E-state index in [1.807, 2.05) is 0 Å². The zero-order valence-electron chi connectivity index (χ0n) is 30.0. The molecule has 7 heteroatoms. The van der Waals surface area contributed by atoms with Gasteiger partial charge in [-0.05, 0) is 77.8 Å².